The Balaban J connectivity index is 2.51. The molecule has 0 saturated heterocycles. The van der Waals surface area contributed by atoms with Crippen molar-refractivity contribution in [3.05, 3.63) is 30.4 Å². The van der Waals surface area contributed by atoms with Crippen LogP contribution in [-0.2, 0) is 0 Å². The normalized spacial score (nSPS) is 12.2. The highest BCUT2D eigenvalue weighted by atomic mass is 19.4. The minimum atomic E-state index is -4.16. The predicted molar refractivity (Wildman–Crippen MR) is 41.7 cm³/mol. The molecule has 0 unspecified atom stereocenters. The molecule has 0 spiro atoms. The fourth-order valence-electron chi connectivity index (χ4n) is 0.695. The zero-order valence-corrected chi connectivity index (χ0v) is 6.62. The van der Waals surface area contributed by atoms with Gasteiger partial charge in [0.25, 0.3) is 0 Å². The molecule has 1 heterocycles. The standard InChI is InChI=1S/C8H7F3N2/c9-8(10,11)4-1-3-7-12-5-2-6-13-7/h1-3,5-6H,4H2. The van der Waals surface area contributed by atoms with Crippen LogP contribution < -0.4 is 0 Å². The van der Waals surface area contributed by atoms with Crippen LogP contribution in [0.1, 0.15) is 12.2 Å². The van der Waals surface area contributed by atoms with E-state index in [1.54, 1.807) is 6.07 Å². The first-order valence-corrected chi connectivity index (χ1v) is 3.58. The molecule has 70 valence electrons. The van der Waals surface area contributed by atoms with E-state index in [0.29, 0.717) is 0 Å². The molecule has 0 bridgehead atoms. The smallest absolute Gasteiger partial charge is 0.237 e. The molecule has 0 aromatic carbocycles. The lowest BCUT2D eigenvalue weighted by atomic mass is 10.3. The van der Waals surface area contributed by atoms with Crippen molar-refractivity contribution in [2.24, 2.45) is 0 Å². The predicted octanol–water partition coefficient (Wildman–Crippen LogP) is 2.44. The number of allylic oxidation sites excluding steroid dienone is 1. The quantitative estimate of drug-likeness (QED) is 0.712. The van der Waals surface area contributed by atoms with E-state index in [0.717, 1.165) is 6.08 Å². The van der Waals surface area contributed by atoms with Gasteiger partial charge in [-0.2, -0.15) is 13.2 Å². The van der Waals surface area contributed by atoms with Crippen LogP contribution in [0.5, 0.6) is 0 Å². The Labute approximate surface area is 73.1 Å². The second kappa shape index (κ2) is 4.02. The Morgan fingerprint density at radius 1 is 1.23 bits per heavy atom. The zero-order valence-electron chi connectivity index (χ0n) is 6.62. The van der Waals surface area contributed by atoms with Crippen molar-refractivity contribution in [2.75, 3.05) is 0 Å². The summed E-state index contributed by atoms with van der Waals surface area (Å²) in [6, 6.07) is 1.60. The summed E-state index contributed by atoms with van der Waals surface area (Å²) >= 11 is 0. The second-order valence-corrected chi connectivity index (χ2v) is 2.33. The Morgan fingerprint density at radius 3 is 2.38 bits per heavy atom. The van der Waals surface area contributed by atoms with Gasteiger partial charge in [0, 0.05) is 12.4 Å². The van der Waals surface area contributed by atoms with Gasteiger partial charge in [-0.05, 0) is 12.1 Å². The van der Waals surface area contributed by atoms with E-state index in [1.165, 1.54) is 18.5 Å². The minimum Gasteiger partial charge on any atom is -0.237 e. The highest BCUT2D eigenvalue weighted by Crippen LogP contribution is 2.19. The van der Waals surface area contributed by atoms with Crippen molar-refractivity contribution in [3.8, 4) is 0 Å². The second-order valence-electron chi connectivity index (χ2n) is 2.33. The van der Waals surface area contributed by atoms with Crippen LogP contribution in [0.3, 0.4) is 0 Å². The molecule has 0 aliphatic carbocycles. The van der Waals surface area contributed by atoms with Gasteiger partial charge in [0.1, 0.15) is 0 Å². The first-order valence-electron chi connectivity index (χ1n) is 3.58. The number of alkyl halides is 3. The van der Waals surface area contributed by atoms with E-state index in [9.17, 15) is 13.2 Å². The molecule has 0 amide bonds. The molecular weight excluding hydrogens is 181 g/mol. The lowest BCUT2D eigenvalue weighted by Gasteiger charge is -1.99. The summed E-state index contributed by atoms with van der Waals surface area (Å²) in [6.45, 7) is 0. The van der Waals surface area contributed by atoms with Gasteiger partial charge in [0.2, 0.25) is 0 Å². The van der Waals surface area contributed by atoms with E-state index < -0.39 is 12.6 Å². The Kier molecular flexibility index (Phi) is 3.00. The van der Waals surface area contributed by atoms with Gasteiger partial charge in [-0.1, -0.05) is 6.08 Å². The Hall–Kier alpha value is -1.39. The summed E-state index contributed by atoms with van der Waals surface area (Å²) in [5.41, 5.74) is 0. The number of halogens is 3. The van der Waals surface area contributed by atoms with Crippen molar-refractivity contribution in [2.45, 2.75) is 12.6 Å². The van der Waals surface area contributed by atoms with Crippen LogP contribution in [-0.4, -0.2) is 16.1 Å². The molecule has 1 aromatic heterocycles. The fourth-order valence-corrected chi connectivity index (χ4v) is 0.695. The topological polar surface area (TPSA) is 25.8 Å². The lowest BCUT2D eigenvalue weighted by molar-refractivity contribution is -0.124. The summed E-state index contributed by atoms with van der Waals surface area (Å²) in [5.74, 6) is 0.284. The molecule has 0 atom stereocenters. The highest BCUT2D eigenvalue weighted by molar-refractivity contribution is 5.38. The van der Waals surface area contributed by atoms with Crippen LogP contribution in [0, 0.1) is 0 Å². The van der Waals surface area contributed by atoms with Crippen molar-refractivity contribution in [1.82, 2.24) is 9.97 Å². The molecule has 13 heavy (non-hydrogen) atoms. The van der Waals surface area contributed by atoms with E-state index in [2.05, 4.69) is 9.97 Å². The lowest BCUT2D eigenvalue weighted by Crippen LogP contribution is -2.04. The van der Waals surface area contributed by atoms with Crippen molar-refractivity contribution in [3.63, 3.8) is 0 Å². The SMILES string of the molecule is FC(F)(F)CC=Cc1ncccn1. The number of hydrogen-bond acceptors (Lipinski definition) is 2. The van der Waals surface area contributed by atoms with E-state index >= 15 is 0 Å². The number of nitrogens with zero attached hydrogens (tertiary/aromatic N) is 2. The van der Waals surface area contributed by atoms with Crippen molar-refractivity contribution < 1.29 is 13.2 Å². The largest absolute Gasteiger partial charge is 0.392 e. The zero-order chi connectivity index (χ0) is 9.73. The van der Waals surface area contributed by atoms with Crippen LogP contribution >= 0.6 is 0 Å². The third-order valence-corrected chi connectivity index (χ3v) is 1.20. The molecule has 2 nitrogen and oxygen atoms in total. The molecule has 1 rings (SSSR count). The maximum Gasteiger partial charge on any atom is 0.392 e. The summed E-state index contributed by atoms with van der Waals surface area (Å²) in [7, 11) is 0. The maximum absolute atomic E-state index is 11.7. The first kappa shape index (κ1) is 9.70. The van der Waals surface area contributed by atoms with Crippen molar-refractivity contribution in [1.29, 1.82) is 0 Å². The van der Waals surface area contributed by atoms with Gasteiger partial charge in [-0.3, -0.25) is 0 Å². The molecule has 0 radical (unpaired) electrons. The van der Waals surface area contributed by atoms with Crippen molar-refractivity contribution >= 4 is 6.08 Å². The number of aromatic nitrogens is 2. The summed E-state index contributed by atoms with van der Waals surface area (Å²) in [4.78, 5) is 7.47. The Bertz CT molecular complexity index is 279. The monoisotopic (exact) mass is 188 g/mol. The van der Waals surface area contributed by atoms with E-state index in [-0.39, 0.29) is 5.82 Å². The molecule has 0 N–H and O–H groups in total. The highest BCUT2D eigenvalue weighted by Gasteiger charge is 2.24. The number of hydrogen-bond donors (Lipinski definition) is 0. The summed E-state index contributed by atoms with van der Waals surface area (Å²) in [5, 5.41) is 0. The Morgan fingerprint density at radius 2 is 1.85 bits per heavy atom. The average Bonchev–Trinajstić information content (AvgIpc) is 2.04. The van der Waals surface area contributed by atoms with Crippen LogP contribution in [0.25, 0.3) is 6.08 Å². The number of rotatable bonds is 2. The van der Waals surface area contributed by atoms with Crippen LogP contribution in [0.15, 0.2) is 24.5 Å². The maximum atomic E-state index is 11.7. The summed E-state index contributed by atoms with van der Waals surface area (Å²) < 4.78 is 35.0. The van der Waals surface area contributed by atoms with Gasteiger partial charge in [-0.15, -0.1) is 0 Å². The van der Waals surface area contributed by atoms with Gasteiger partial charge in [0.05, 0.1) is 6.42 Å². The van der Waals surface area contributed by atoms with Gasteiger partial charge >= 0.3 is 6.18 Å². The van der Waals surface area contributed by atoms with Gasteiger partial charge in [-0.25, -0.2) is 9.97 Å². The molecule has 0 saturated carbocycles. The van der Waals surface area contributed by atoms with E-state index in [4.69, 9.17) is 0 Å². The summed E-state index contributed by atoms with van der Waals surface area (Å²) in [6.07, 6.45) is 0.0693. The third-order valence-electron chi connectivity index (χ3n) is 1.20. The molecule has 1 aromatic rings. The average molecular weight is 188 g/mol. The molecular formula is C8H7F3N2. The van der Waals surface area contributed by atoms with Crippen LogP contribution in [0.2, 0.25) is 0 Å². The van der Waals surface area contributed by atoms with E-state index in [1.807, 2.05) is 0 Å². The molecule has 5 heteroatoms. The fraction of sp³-hybridized carbons (Fsp3) is 0.250. The van der Waals surface area contributed by atoms with Gasteiger partial charge < -0.3 is 0 Å². The third kappa shape index (κ3) is 4.25. The minimum absolute atomic E-state index is 0.284. The van der Waals surface area contributed by atoms with Crippen LogP contribution in [0.4, 0.5) is 13.2 Å². The van der Waals surface area contributed by atoms with Gasteiger partial charge in [0.15, 0.2) is 5.82 Å². The molecule has 0 aliphatic rings. The molecule has 0 fully saturated rings. The molecule has 0 aliphatic heterocycles. The first-order chi connectivity index (χ1) is 6.08.